The van der Waals surface area contributed by atoms with Crippen LogP contribution in [0.2, 0.25) is 0 Å². The molecule has 154 valence electrons. The van der Waals surface area contributed by atoms with Gasteiger partial charge >= 0.3 is 0 Å². The van der Waals surface area contributed by atoms with Crippen LogP contribution in [0.5, 0.6) is 11.5 Å². The molecule has 1 aliphatic heterocycles. The van der Waals surface area contributed by atoms with E-state index in [1.54, 1.807) is 48.0 Å². The van der Waals surface area contributed by atoms with Crippen molar-refractivity contribution in [1.29, 1.82) is 0 Å². The highest BCUT2D eigenvalue weighted by atomic mass is 16.7. The van der Waals surface area contributed by atoms with Crippen molar-refractivity contribution in [3.8, 4) is 17.2 Å². The lowest BCUT2D eigenvalue weighted by atomic mass is 10.2. The number of rotatable bonds is 6. The zero-order valence-corrected chi connectivity index (χ0v) is 16.6. The van der Waals surface area contributed by atoms with Gasteiger partial charge in [-0.1, -0.05) is 11.3 Å². The first kappa shape index (κ1) is 19.4. The number of carbonyl (C=O) groups is 1. The van der Waals surface area contributed by atoms with Gasteiger partial charge in [0, 0.05) is 18.0 Å². The molecule has 1 amide bonds. The number of hydrogen-bond acceptors (Lipinski definition) is 7. The number of benzene rings is 2. The maximum atomic E-state index is 12.5. The topological polar surface area (TPSA) is 114 Å². The molecule has 3 aromatic rings. The molecule has 30 heavy (non-hydrogen) atoms. The van der Waals surface area contributed by atoms with Crippen molar-refractivity contribution in [1.82, 2.24) is 20.3 Å². The van der Waals surface area contributed by atoms with Gasteiger partial charge in [0.1, 0.15) is 5.69 Å². The molecule has 1 aliphatic rings. The Bertz CT molecular complexity index is 1110. The summed E-state index contributed by atoms with van der Waals surface area (Å²) in [6.45, 7) is 4.57. The van der Waals surface area contributed by atoms with Crippen LogP contribution in [0.25, 0.3) is 5.69 Å². The van der Waals surface area contributed by atoms with Crippen LogP contribution in [0.15, 0.2) is 47.5 Å². The van der Waals surface area contributed by atoms with Gasteiger partial charge in [-0.25, -0.2) is 4.68 Å². The lowest BCUT2D eigenvalue weighted by Crippen LogP contribution is -2.22. The summed E-state index contributed by atoms with van der Waals surface area (Å²) in [5.41, 5.74) is 2.83. The highest BCUT2D eigenvalue weighted by molar-refractivity contribution is 5.94. The van der Waals surface area contributed by atoms with Crippen LogP contribution in [0, 0.1) is 6.92 Å². The molecule has 1 aromatic heterocycles. The van der Waals surface area contributed by atoms with Gasteiger partial charge in [-0.3, -0.25) is 9.79 Å². The highest BCUT2D eigenvalue weighted by Gasteiger charge is 2.14. The Balaban J connectivity index is 1.51. The van der Waals surface area contributed by atoms with E-state index in [1.165, 1.54) is 0 Å². The van der Waals surface area contributed by atoms with Crippen molar-refractivity contribution in [2.45, 2.75) is 20.4 Å². The summed E-state index contributed by atoms with van der Waals surface area (Å²) in [4.78, 5) is 16.0. The monoisotopic (exact) mass is 406 g/mol. The van der Waals surface area contributed by atoms with Crippen molar-refractivity contribution >= 4 is 11.8 Å². The van der Waals surface area contributed by atoms with Gasteiger partial charge < -0.3 is 19.9 Å². The first-order valence-corrected chi connectivity index (χ1v) is 9.48. The minimum atomic E-state index is -0.449. The van der Waals surface area contributed by atoms with Gasteiger partial charge in [-0.15, -0.1) is 5.10 Å². The third-order valence-corrected chi connectivity index (χ3v) is 4.65. The van der Waals surface area contributed by atoms with E-state index < -0.39 is 5.90 Å². The summed E-state index contributed by atoms with van der Waals surface area (Å²) >= 11 is 0. The van der Waals surface area contributed by atoms with Crippen molar-refractivity contribution in [3.05, 3.63) is 65.0 Å². The number of fused-ring (bicyclic) bond motifs is 1. The molecule has 9 nitrogen and oxygen atoms in total. The van der Waals surface area contributed by atoms with Gasteiger partial charge in [-0.05, 0) is 55.8 Å². The van der Waals surface area contributed by atoms with Gasteiger partial charge in [0.2, 0.25) is 6.79 Å². The quantitative estimate of drug-likeness (QED) is 0.488. The molecule has 0 spiro atoms. The second-order valence-electron chi connectivity index (χ2n) is 6.65. The summed E-state index contributed by atoms with van der Waals surface area (Å²) in [5, 5.41) is 23.4. The number of ether oxygens (including phenoxy) is 2. The van der Waals surface area contributed by atoms with Crippen molar-refractivity contribution in [2.75, 3.05) is 13.3 Å². The summed E-state index contributed by atoms with van der Waals surface area (Å²) < 4.78 is 12.2. The summed E-state index contributed by atoms with van der Waals surface area (Å²) in [5.74, 6) is 0.739. The Kier molecular flexibility index (Phi) is 5.34. The van der Waals surface area contributed by atoms with E-state index in [2.05, 4.69) is 20.6 Å². The average Bonchev–Trinajstić information content (AvgIpc) is 3.38. The molecule has 2 aromatic carbocycles. The van der Waals surface area contributed by atoms with Gasteiger partial charge in [0.05, 0.1) is 17.9 Å². The van der Waals surface area contributed by atoms with Crippen LogP contribution in [0.1, 0.15) is 34.2 Å². The average molecular weight is 406 g/mol. The molecule has 0 radical (unpaired) electrons. The first-order chi connectivity index (χ1) is 14.6. The number of aromatic nitrogens is 3. The number of amides is 1. The highest BCUT2D eigenvalue weighted by Crippen LogP contribution is 2.32. The van der Waals surface area contributed by atoms with Gasteiger partial charge in [0.25, 0.3) is 5.91 Å². The van der Waals surface area contributed by atoms with Crippen LogP contribution in [0.3, 0.4) is 0 Å². The predicted molar refractivity (Wildman–Crippen MR) is 107 cm³/mol. The molecule has 0 unspecified atom stereocenters. The Morgan fingerprint density at radius 1 is 1.20 bits per heavy atom. The second-order valence-corrected chi connectivity index (χ2v) is 6.65. The van der Waals surface area contributed by atoms with Crippen LogP contribution in [-0.4, -0.2) is 40.1 Å². The largest absolute Gasteiger partial charge is 0.857 e. The smallest absolute Gasteiger partial charge is 0.251 e. The number of nitrogens with zero attached hydrogens (tertiary/aromatic N) is 4. The van der Waals surface area contributed by atoms with Gasteiger partial charge in [-0.2, -0.15) is 0 Å². The van der Waals surface area contributed by atoms with Gasteiger partial charge in [0.15, 0.2) is 11.5 Å². The van der Waals surface area contributed by atoms with E-state index in [4.69, 9.17) is 9.47 Å². The van der Waals surface area contributed by atoms with Crippen LogP contribution < -0.4 is 19.9 Å². The van der Waals surface area contributed by atoms with E-state index in [-0.39, 0.29) is 24.9 Å². The molecular formula is C21H20N5O4-. The van der Waals surface area contributed by atoms with E-state index in [9.17, 15) is 9.90 Å². The standard InChI is InChI=1S/C21H21N5O4/c1-3-22-20(27)15-5-7-16(8-6-15)26-13(2)19(24-25-26)21(28)23-11-14-4-9-17-18(10-14)30-12-29-17/h4-10H,3,11-12H2,1-2H3,(H,22,27)(H,23,28)/p-1. The minimum Gasteiger partial charge on any atom is -0.857 e. The Morgan fingerprint density at radius 2 is 1.97 bits per heavy atom. The van der Waals surface area contributed by atoms with E-state index in [1.807, 2.05) is 13.0 Å². The molecule has 0 saturated heterocycles. The maximum Gasteiger partial charge on any atom is 0.251 e. The molecule has 0 fully saturated rings. The molecule has 2 heterocycles. The molecule has 4 rings (SSSR count). The maximum absolute atomic E-state index is 12.5. The molecule has 0 atom stereocenters. The van der Waals surface area contributed by atoms with E-state index in [0.29, 0.717) is 35.0 Å². The van der Waals surface area contributed by atoms with Crippen LogP contribution in [-0.2, 0) is 6.54 Å². The van der Waals surface area contributed by atoms with E-state index in [0.717, 1.165) is 5.56 Å². The fourth-order valence-electron chi connectivity index (χ4n) is 3.07. The van der Waals surface area contributed by atoms with E-state index >= 15 is 0 Å². The number of hydrogen-bond donors (Lipinski definition) is 1. The SMILES string of the molecule is CCNC(=O)c1ccc(-n2nnc(C([O-])=NCc3ccc4c(c3)OCO4)c2C)cc1. The zero-order valence-electron chi connectivity index (χ0n) is 16.6. The minimum absolute atomic E-state index is 0.141. The fourth-order valence-corrected chi connectivity index (χ4v) is 3.07. The molecule has 0 aliphatic carbocycles. The van der Waals surface area contributed by atoms with Crippen molar-refractivity contribution in [3.63, 3.8) is 0 Å². The molecule has 9 heteroatoms. The molecule has 0 bridgehead atoms. The van der Waals surface area contributed by atoms with Crippen molar-refractivity contribution < 1.29 is 19.4 Å². The zero-order chi connectivity index (χ0) is 21.1. The normalized spacial score (nSPS) is 12.8. The Labute approximate surface area is 173 Å². The summed E-state index contributed by atoms with van der Waals surface area (Å²) in [7, 11) is 0. The molecule has 0 saturated carbocycles. The molecule has 1 N–H and O–H groups in total. The van der Waals surface area contributed by atoms with Crippen LogP contribution >= 0.6 is 0 Å². The molecular weight excluding hydrogens is 386 g/mol. The summed E-state index contributed by atoms with van der Waals surface area (Å²) in [6, 6.07) is 12.3. The first-order valence-electron chi connectivity index (χ1n) is 9.48. The van der Waals surface area contributed by atoms with Crippen LogP contribution in [0.4, 0.5) is 0 Å². The predicted octanol–water partition coefficient (Wildman–Crippen LogP) is 1.36. The lowest BCUT2D eigenvalue weighted by Gasteiger charge is -2.10. The number of nitrogens with one attached hydrogen (secondary N) is 1. The summed E-state index contributed by atoms with van der Waals surface area (Å²) in [6.07, 6.45) is 0. The Morgan fingerprint density at radius 3 is 2.73 bits per heavy atom. The fraction of sp³-hybridized carbons (Fsp3) is 0.238. The number of carbonyl (C=O) groups excluding carboxylic acids is 1. The number of aliphatic imine (C=N–C) groups is 1. The lowest BCUT2D eigenvalue weighted by molar-refractivity contribution is -0.213. The third-order valence-electron chi connectivity index (χ3n) is 4.65. The second kappa shape index (κ2) is 8.24. The Hall–Kier alpha value is -3.88. The third kappa shape index (κ3) is 3.82. The van der Waals surface area contributed by atoms with Crippen molar-refractivity contribution in [2.24, 2.45) is 4.99 Å².